The van der Waals surface area contributed by atoms with Crippen LogP contribution in [0.5, 0.6) is 0 Å². The fourth-order valence-electron chi connectivity index (χ4n) is 2.74. The second-order valence-electron chi connectivity index (χ2n) is 5.17. The number of hydrogen-bond donors (Lipinski definition) is 1. The van der Waals surface area contributed by atoms with Crippen molar-refractivity contribution in [2.75, 3.05) is 6.54 Å². The number of nitrogens with zero attached hydrogens (tertiary/aromatic N) is 1. The molecule has 2 rings (SSSR count). The minimum atomic E-state index is 0.504. The summed E-state index contributed by atoms with van der Waals surface area (Å²) >= 11 is 0. The van der Waals surface area contributed by atoms with Crippen LogP contribution < -0.4 is 5.32 Å². The summed E-state index contributed by atoms with van der Waals surface area (Å²) in [6.07, 6.45) is 4.26. The molecule has 0 bridgehead atoms. The topological polar surface area (TPSA) is 24.9 Å². The molecule has 0 aliphatic rings. The van der Waals surface area contributed by atoms with Gasteiger partial charge in [0.05, 0.1) is 5.52 Å². The Balaban J connectivity index is 2.31. The summed E-state index contributed by atoms with van der Waals surface area (Å²) < 4.78 is 0. The SMILES string of the molecule is CCCNC(CC)C(C)c1ccnc2ccccc12. The largest absolute Gasteiger partial charge is 0.313 e. The van der Waals surface area contributed by atoms with Gasteiger partial charge in [-0.1, -0.05) is 39.0 Å². The summed E-state index contributed by atoms with van der Waals surface area (Å²) in [5, 5.41) is 4.95. The van der Waals surface area contributed by atoms with E-state index in [9.17, 15) is 0 Å². The Morgan fingerprint density at radius 1 is 1.16 bits per heavy atom. The molecular weight excluding hydrogens is 232 g/mol. The molecule has 0 saturated heterocycles. The van der Waals surface area contributed by atoms with Crippen LogP contribution in [0.15, 0.2) is 36.5 Å². The van der Waals surface area contributed by atoms with E-state index in [2.05, 4.69) is 61.4 Å². The summed E-state index contributed by atoms with van der Waals surface area (Å²) in [4.78, 5) is 4.45. The van der Waals surface area contributed by atoms with Crippen molar-refractivity contribution in [2.45, 2.75) is 45.6 Å². The summed E-state index contributed by atoms with van der Waals surface area (Å²) in [6, 6.07) is 11.1. The first-order valence-electron chi connectivity index (χ1n) is 7.35. The Morgan fingerprint density at radius 3 is 2.68 bits per heavy atom. The Kier molecular flexibility index (Phi) is 4.92. The van der Waals surface area contributed by atoms with E-state index < -0.39 is 0 Å². The molecule has 2 nitrogen and oxygen atoms in total. The molecule has 1 heterocycles. The maximum Gasteiger partial charge on any atom is 0.0704 e. The summed E-state index contributed by atoms with van der Waals surface area (Å²) in [6.45, 7) is 7.88. The molecule has 0 spiro atoms. The van der Waals surface area contributed by atoms with Crippen molar-refractivity contribution in [3.63, 3.8) is 0 Å². The highest BCUT2D eigenvalue weighted by Gasteiger charge is 2.18. The van der Waals surface area contributed by atoms with E-state index in [1.54, 1.807) is 0 Å². The molecule has 0 amide bonds. The Morgan fingerprint density at radius 2 is 1.95 bits per heavy atom. The maximum absolute atomic E-state index is 4.45. The smallest absolute Gasteiger partial charge is 0.0704 e. The van der Waals surface area contributed by atoms with Gasteiger partial charge in [0.25, 0.3) is 0 Å². The van der Waals surface area contributed by atoms with Crippen LogP contribution in [0.3, 0.4) is 0 Å². The van der Waals surface area contributed by atoms with Crippen LogP contribution in [0.1, 0.15) is 45.1 Å². The molecule has 1 N–H and O–H groups in total. The second kappa shape index (κ2) is 6.67. The summed E-state index contributed by atoms with van der Waals surface area (Å²) in [5.41, 5.74) is 2.50. The van der Waals surface area contributed by atoms with Gasteiger partial charge in [-0.2, -0.15) is 0 Å². The van der Waals surface area contributed by atoms with Crippen molar-refractivity contribution < 1.29 is 0 Å². The maximum atomic E-state index is 4.45. The first-order valence-corrected chi connectivity index (χ1v) is 7.35. The number of benzene rings is 1. The summed E-state index contributed by atoms with van der Waals surface area (Å²) in [7, 11) is 0. The van der Waals surface area contributed by atoms with Gasteiger partial charge in [0.15, 0.2) is 0 Å². The van der Waals surface area contributed by atoms with Crippen LogP contribution >= 0.6 is 0 Å². The average molecular weight is 256 g/mol. The van der Waals surface area contributed by atoms with E-state index in [1.165, 1.54) is 17.4 Å². The van der Waals surface area contributed by atoms with Gasteiger partial charge in [0.1, 0.15) is 0 Å². The zero-order valence-electron chi connectivity index (χ0n) is 12.2. The molecule has 0 saturated carbocycles. The first-order chi connectivity index (χ1) is 9.27. The number of pyridine rings is 1. The molecular formula is C17H24N2. The third kappa shape index (κ3) is 3.13. The highest BCUT2D eigenvalue weighted by atomic mass is 14.9. The van der Waals surface area contributed by atoms with Crippen LogP contribution in [0.2, 0.25) is 0 Å². The fourth-order valence-corrected chi connectivity index (χ4v) is 2.74. The predicted molar refractivity (Wildman–Crippen MR) is 82.5 cm³/mol. The van der Waals surface area contributed by atoms with E-state index in [0.717, 1.165) is 18.5 Å². The van der Waals surface area contributed by atoms with Crippen molar-refractivity contribution in [1.29, 1.82) is 0 Å². The fraction of sp³-hybridized carbons (Fsp3) is 0.471. The van der Waals surface area contributed by atoms with Crippen LogP contribution in [0.25, 0.3) is 10.9 Å². The molecule has 2 unspecified atom stereocenters. The molecule has 2 atom stereocenters. The molecule has 0 radical (unpaired) electrons. The molecule has 1 aromatic heterocycles. The second-order valence-corrected chi connectivity index (χ2v) is 5.17. The van der Waals surface area contributed by atoms with Gasteiger partial charge in [0.2, 0.25) is 0 Å². The Bertz CT molecular complexity index is 516. The van der Waals surface area contributed by atoms with Gasteiger partial charge in [-0.3, -0.25) is 4.98 Å². The van der Waals surface area contributed by atoms with Crippen molar-refractivity contribution >= 4 is 10.9 Å². The number of nitrogens with one attached hydrogen (secondary N) is 1. The van der Waals surface area contributed by atoms with E-state index in [1.807, 2.05) is 6.20 Å². The van der Waals surface area contributed by atoms with Gasteiger partial charge >= 0.3 is 0 Å². The molecule has 0 aliphatic heterocycles. The highest BCUT2D eigenvalue weighted by Crippen LogP contribution is 2.27. The number of fused-ring (bicyclic) bond motifs is 1. The molecule has 0 aliphatic carbocycles. The lowest BCUT2D eigenvalue weighted by molar-refractivity contribution is 0.439. The third-order valence-corrected chi connectivity index (χ3v) is 3.87. The highest BCUT2D eigenvalue weighted by molar-refractivity contribution is 5.82. The minimum absolute atomic E-state index is 0.504. The van der Waals surface area contributed by atoms with Crippen molar-refractivity contribution in [1.82, 2.24) is 10.3 Å². The van der Waals surface area contributed by atoms with Crippen LogP contribution in [0.4, 0.5) is 0 Å². The third-order valence-electron chi connectivity index (χ3n) is 3.87. The lowest BCUT2D eigenvalue weighted by Gasteiger charge is -2.25. The lowest BCUT2D eigenvalue weighted by atomic mass is 9.89. The molecule has 0 fully saturated rings. The van der Waals surface area contributed by atoms with Crippen LogP contribution in [0, 0.1) is 0 Å². The van der Waals surface area contributed by atoms with Crippen molar-refractivity contribution in [3.05, 3.63) is 42.1 Å². The van der Waals surface area contributed by atoms with Crippen molar-refractivity contribution in [2.24, 2.45) is 0 Å². The molecule has 2 heteroatoms. The number of hydrogen-bond acceptors (Lipinski definition) is 2. The molecule has 2 aromatic rings. The van der Waals surface area contributed by atoms with Gasteiger partial charge in [-0.15, -0.1) is 0 Å². The zero-order chi connectivity index (χ0) is 13.7. The lowest BCUT2D eigenvalue weighted by Crippen LogP contribution is -2.33. The van der Waals surface area contributed by atoms with E-state index in [4.69, 9.17) is 0 Å². The number of para-hydroxylation sites is 1. The van der Waals surface area contributed by atoms with Gasteiger partial charge in [-0.25, -0.2) is 0 Å². The number of aromatic nitrogens is 1. The van der Waals surface area contributed by atoms with Crippen LogP contribution in [-0.2, 0) is 0 Å². The predicted octanol–water partition coefficient (Wildman–Crippen LogP) is 4.12. The monoisotopic (exact) mass is 256 g/mol. The van der Waals surface area contributed by atoms with Gasteiger partial charge in [0, 0.05) is 17.6 Å². The molecule has 19 heavy (non-hydrogen) atoms. The average Bonchev–Trinajstić information content (AvgIpc) is 2.47. The molecule has 102 valence electrons. The van der Waals surface area contributed by atoms with E-state index >= 15 is 0 Å². The minimum Gasteiger partial charge on any atom is -0.313 e. The standard InChI is InChI=1S/C17H24N2/c1-4-11-18-16(5-2)13(3)14-10-12-19-17-9-7-6-8-15(14)17/h6-10,12-13,16,18H,4-5,11H2,1-3H3. The summed E-state index contributed by atoms with van der Waals surface area (Å²) in [5.74, 6) is 0.504. The first kappa shape index (κ1) is 14.0. The van der Waals surface area contributed by atoms with Crippen LogP contribution in [-0.4, -0.2) is 17.6 Å². The normalized spacial score (nSPS) is 14.5. The Labute approximate surface area is 116 Å². The Hall–Kier alpha value is -1.41. The van der Waals surface area contributed by atoms with Gasteiger partial charge in [-0.05, 0) is 43.0 Å². The zero-order valence-corrected chi connectivity index (χ0v) is 12.2. The molecule has 1 aromatic carbocycles. The van der Waals surface area contributed by atoms with Crippen molar-refractivity contribution in [3.8, 4) is 0 Å². The van der Waals surface area contributed by atoms with E-state index in [-0.39, 0.29) is 0 Å². The van der Waals surface area contributed by atoms with Gasteiger partial charge < -0.3 is 5.32 Å². The van der Waals surface area contributed by atoms with E-state index in [0.29, 0.717) is 12.0 Å². The quantitative estimate of drug-likeness (QED) is 0.841. The number of rotatable bonds is 6.